The van der Waals surface area contributed by atoms with Gasteiger partial charge >= 0.3 is 0 Å². The Morgan fingerprint density at radius 2 is 2.12 bits per heavy atom. The van der Waals surface area contributed by atoms with E-state index in [2.05, 4.69) is 25.6 Å². The number of aromatic amines is 1. The first-order chi connectivity index (χ1) is 12.6. The summed E-state index contributed by atoms with van der Waals surface area (Å²) in [5.41, 5.74) is 1.91. The van der Waals surface area contributed by atoms with Crippen molar-refractivity contribution in [3.8, 4) is 11.4 Å². The minimum absolute atomic E-state index is 0.175. The Hall–Kier alpha value is -3.49. The number of anilines is 1. The number of hydrogen-bond donors (Lipinski definition) is 2. The van der Waals surface area contributed by atoms with Crippen LogP contribution >= 0.6 is 0 Å². The normalized spacial score (nSPS) is 13.3. The summed E-state index contributed by atoms with van der Waals surface area (Å²) in [5.74, 6) is -0.266. The number of aryl methyl sites for hydroxylation is 1. The topological polar surface area (TPSA) is 109 Å². The lowest BCUT2D eigenvalue weighted by Gasteiger charge is -2.30. The fourth-order valence-electron chi connectivity index (χ4n) is 2.77. The maximum Gasteiger partial charge on any atom is 0.275 e. The van der Waals surface area contributed by atoms with Crippen LogP contribution in [0.5, 0.6) is 0 Å². The molecule has 0 aromatic carbocycles. The summed E-state index contributed by atoms with van der Waals surface area (Å²) in [4.78, 5) is 31.1. The van der Waals surface area contributed by atoms with E-state index in [0.29, 0.717) is 30.2 Å². The first-order valence-corrected chi connectivity index (χ1v) is 8.23. The summed E-state index contributed by atoms with van der Waals surface area (Å²) in [6, 6.07) is 7.21. The largest absolute Gasteiger partial charge is 0.338 e. The van der Waals surface area contributed by atoms with Crippen LogP contribution in [0.3, 0.4) is 0 Å². The molecule has 2 amide bonds. The van der Waals surface area contributed by atoms with Crippen molar-refractivity contribution in [2.24, 2.45) is 7.05 Å². The molecule has 4 heterocycles. The van der Waals surface area contributed by atoms with Gasteiger partial charge in [0.1, 0.15) is 5.69 Å². The molecule has 0 atom stereocenters. The van der Waals surface area contributed by atoms with Crippen LogP contribution in [0.2, 0.25) is 0 Å². The molecule has 9 heteroatoms. The van der Waals surface area contributed by atoms with Gasteiger partial charge in [0, 0.05) is 32.4 Å². The number of pyridine rings is 1. The van der Waals surface area contributed by atoms with Gasteiger partial charge in [-0.2, -0.15) is 10.2 Å². The van der Waals surface area contributed by atoms with Crippen molar-refractivity contribution in [2.45, 2.75) is 6.42 Å². The van der Waals surface area contributed by atoms with E-state index in [1.54, 1.807) is 24.2 Å². The molecule has 0 saturated carbocycles. The van der Waals surface area contributed by atoms with E-state index in [9.17, 15) is 9.59 Å². The Kier molecular flexibility index (Phi) is 3.96. The molecule has 0 aliphatic carbocycles. The van der Waals surface area contributed by atoms with Crippen molar-refractivity contribution in [3.63, 3.8) is 0 Å². The second-order valence-electron chi connectivity index (χ2n) is 6.01. The lowest BCUT2D eigenvalue weighted by molar-refractivity contribution is 0.0648. The van der Waals surface area contributed by atoms with Crippen LogP contribution in [0, 0.1) is 0 Å². The van der Waals surface area contributed by atoms with Crippen molar-refractivity contribution in [2.75, 3.05) is 18.4 Å². The predicted molar refractivity (Wildman–Crippen MR) is 93.5 cm³/mol. The zero-order valence-corrected chi connectivity index (χ0v) is 14.1. The average molecular weight is 351 g/mol. The third-order valence-electron chi connectivity index (χ3n) is 4.29. The van der Waals surface area contributed by atoms with Crippen LogP contribution in [0.25, 0.3) is 11.4 Å². The van der Waals surface area contributed by atoms with Gasteiger partial charge in [-0.05, 0) is 18.6 Å². The van der Waals surface area contributed by atoms with Crippen LogP contribution < -0.4 is 5.32 Å². The molecular formula is C17H17N7O2. The lowest BCUT2D eigenvalue weighted by atomic mass is 10.1. The second-order valence-corrected chi connectivity index (χ2v) is 6.01. The molecule has 0 bridgehead atoms. The van der Waals surface area contributed by atoms with Crippen molar-refractivity contribution in [3.05, 3.63) is 47.9 Å². The molecule has 1 fully saturated rings. The van der Waals surface area contributed by atoms with Gasteiger partial charge in [-0.15, -0.1) is 0 Å². The second kappa shape index (κ2) is 6.43. The van der Waals surface area contributed by atoms with E-state index < -0.39 is 5.91 Å². The van der Waals surface area contributed by atoms with Gasteiger partial charge < -0.3 is 10.2 Å². The van der Waals surface area contributed by atoms with Crippen LogP contribution in [0.15, 0.2) is 36.7 Å². The van der Waals surface area contributed by atoms with E-state index in [1.165, 1.54) is 10.9 Å². The SMILES string of the molecule is Cn1ncc(C(=O)N2CCC2)c1C(=O)Nc1cc(-c2ccccn2)[nH]n1. The molecule has 0 radical (unpaired) electrons. The number of nitrogens with one attached hydrogen (secondary N) is 2. The van der Waals surface area contributed by atoms with Gasteiger partial charge in [0.2, 0.25) is 0 Å². The Morgan fingerprint density at radius 3 is 2.81 bits per heavy atom. The van der Waals surface area contributed by atoms with Crippen LogP contribution in [-0.4, -0.2) is 54.8 Å². The molecule has 2 N–H and O–H groups in total. The number of carbonyl (C=O) groups excluding carboxylic acids is 2. The standard InChI is InChI=1S/C17H17N7O2/c1-23-15(11(10-19-23)17(26)24-7-4-8-24)16(25)20-14-9-13(21-22-14)12-5-2-3-6-18-12/h2-3,5-6,9-10H,4,7-8H2,1H3,(H2,20,21,22,25). The Labute approximate surface area is 149 Å². The number of hydrogen-bond acceptors (Lipinski definition) is 5. The maximum atomic E-state index is 12.7. The van der Waals surface area contributed by atoms with Gasteiger partial charge in [0.05, 0.1) is 23.1 Å². The highest BCUT2D eigenvalue weighted by Crippen LogP contribution is 2.19. The van der Waals surface area contributed by atoms with E-state index in [0.717, 1.165) is 12.1 Å². The molecule has 132 valence electrons. The molecule has 4 rings (SSSR count). The van der Waals surface area contributed by atoms with Gasteiger partial charge in [0.15, 0.2) is 5.82 Å². The maximum absolute atomic E-state index is 12.7. The number of aromatic nitrogens is 5. The molecule has 3 aromatic heterocycles. The molecule has 26 heavy (non-hydrogen) atoms. The zero-order chi connectivity index (χ0) is 18.1. The zero-order valence-electron chi connectivity index (χ0n) is 14.1. The van der Waals surface area contributed by atoms with Crippen molar-refractivity contribution in [1.29, 1.82) is 0 Å². The van der Waals surface area contributed by atoms with Crippen molar-refractivity contribution in [1.82, 2.24) is 29.9 Å². The van der Waals surface area contributed by atoms with E-state index in [4.69, 9.17) is 0 Å². The van der Waals surface area contributed by atoms with E-state index in [1.807, 2.05) is 18.2 Å². The summed E-state index contributed by atoms with van der Waals surface area (Å²) >= 11 is 0. The third kappa shape index (κ3) is 2.83. The molecule has 9 nitrogen and oxygen atoms in total. The van der Waals surface area contributed by atoms with E-state index >= 15 is 0 Å². The minimum Gasteiger partial charge on any atom is -0.338 e. The molecule has 1 aliphatic rings. The van der Waals surface area contributed by atoms with Crippen LogP contribution in [0.1, 0.15) is 27.3 Å². The highest BCUT2D eigenvalue weighted by Gasteiger charge is 2.28. The van der Waals surface area contributed by atoms with Gasteiger partial charge in [0.25, 0.3) is 11.8 Å². The number of H-pyrrole nitrogens is 1. The number of rotatable bonds is 4. The Morgan fingerprint density at radius 1 is 1.27 bits per heavy atom. The summed E-state index contributed by atoms with van der Waals surface area (Å²) in [5, 5.41) is 13.7. The molecule has 0 spiro atoms. The molecule has 0 unspecified atom stereocenters. The monoisotopic (exact) mass is 351 g/mol. The highest BCUT2D eigenvalue weighted by molar-refractivity contribution is 6.10. The van der Waals surface area contributed by atoms with Crippen LogP contribution in [0.4, 0.5) is 5.82 Å². The smallest absolute Gasteiger partial charge is 0.275 e. The first kappa shape index (κ1) is 16.0. The minimum atomic E-state index is -0.437. The van der Waals surface area contributed by atoms with E-state index in [-0.39, 0.29) is 11.6 Å². The summed E-state index contributed by atoms with van der Waals surface area (Å²) in [6.45, 7) is 1.42. The molecule has 3 aromatic rings. The van der Waals surface area contributed by atoms with Gasteiger partial charge in [-0.3, -0.25) is 24.4 Å². The molecular weight excluding hydrogens is 334 g/mol. The summed E-state index contributed by atoms with van der Waals surface area (Å²) < 4.78 is 1.40. The summed E-state index contributed by atoms with van der Waals surface area (Å²) in [6.07, 6.45) is 4.09. The molecule has 1 aliphatic heterocycles. The Balaban J connectivity index is 1.55. The number of likely N-dealkylation sites (tertiary alicyclic amines) is 1. The lowest BCUT2D eigenvalue weighted by Crippen LogP contribution is -2.42. The third-order valence-corrected chi connectivity index (χ3v) is 4.29. The van der Waals surface area contributed by atoms with Crippen LogP contribution in [-0.2, 0) is 7.05 Å². The van der Waals surface area contributed by atoms with Crippen molar-refractivity contribution < 1.29 is 9.59 Å². The molecule has 1 saturated heterocycles. The van der Waals surface area contributed by atoms with Gasteiger partial charge in [-0.1, -0.05) is 6.07 Å². The Bertz CT molecular complexity index is 957. The number of carbonyl (C=O) groups is 2. The number of nitrogens with zero attached hydrogens (tertiary/aromatic N) is 5. The first-order valence-electron chi connectivity index (χ1n) is 8.23. The fraction of sp³-hybridized carbons (Fsp3) is 0.235. The fourth-order valence-corrected chi connectivity index (χ4v) is 2.77. The van der Waals surface area contributed by atoms with Gasteiger partial charge in [-0.25, -0.2) is 0 Å². The predicted octanol–water partition coefficient (Wildman–Crippen LogP) is 1.30. The number of amides is 2. The quantitative estimate of drug-likeness (QED) is 0.736. The van der Waals surface area contributed by atoms with Crippen molar-refractivity contribution >= 4 is 17.6 Å². The highest BCUT2D eigenvalue weighted by atomic mass is 16.2. The average Bonchev–Trinajstić information content (AvgIpc) is 3.20. The summed E-state index contributed by atoms with van der Waals surface area (Å²) in [7, 11) is 1.63.